The third-order valence-corrected chi connectivity index (χ3v) is 4.97. The highest BCUT2D eigenvalue weighted by molar-refractivity contribution is 7.09. The van der Waals surface area contributed by atoms with Gasteiger partial charge in [-0.3, -0.25) is 0 Å². The topological polar surface area (TPSA) is 58.0 Å². The third kappa shape index (κ3) is 3.66. The molecular weight excluding hydrogens is 258 g/mol. The van der Waals surface area contributed by atoms with Gasteiger partial charge in [-0.15, -0.1) is 0 Å². The maximum Gasteiger partial charge on any atom is 0.202 e. The van der Waals surface area contributed by atoms with E-state index >= 15 is 0 Å². The highest BCUT2D eigenvalue weighted by atomic mass is 32.1. The molecule has 2 aliphatic rings. The maximum absolute atomic E-state index is 9.92. The van der Waals surface area contributed by atoms with Crippen molar-refractivity contribution in [3.63, 3.8) is 0 Å². The second-order valence-corrected chi connectivity index (χ2v) is 6.66. The molecule has 106 valence electrons. The average Bonchev–Trinajstić information content (AvgIpc) is 3.17. The maximum atomic E-state index is 9.92. The SMILES string of the molecule is OC1CCCCC1CCCNc1nc(C2CC2)ns1. The second kappa shape index (κ2) is 6.18. The normalized spacial score (nSPS) is 27.4. The van der Waals surface area contributed by atoms with E-state index < -0.39 is 0 Å². The van der Waals surface area contributed by atoms with E-state index in [1.165, 1.54) is 43.6 Å². The standard InChI is InChI=1S/C14H23N3OS/c18-12-6-2-1-4-10(12)5-3-9-15-14-16-13(17-19-14)11-7-8-11/h10-12,18H,1-9H2,(H,15,16,17). The van der Waals surface area contributed by atoms with Crippen molar-refractivity contribution in [2.45, 2.75) is 63.4 Å². The highest BCUT2D eigenvalue weighted by Gasteiger charge is 2.27. The summed E-state index contributed by atoms with van der Waals surface area (Å²) in [6.45, 7) is 0.947. The van der Waals surface area contributed by atoms with Crippen LogP contribution in [0.1, 0.15) is 63.1 Å². The van der Waals surface area contributed by atoms with E-state index in [-0.39, 0.29) is 6.10 Å². The second-order valence-electron chi connectivity index (χ2n) is 5.91. The molecule has 0 aliphatic heterocycles. The van der Waals surface area contributed by atoms with Gasteiger partial charge in [-0.05, 0) is 44.4 Å². The number of rotatable bonds is 6. The van der Waals surface area contributed by atoms with Gasteiger partial charge in [-0.1, -0.05) is 12.8 Å². The first-order valence-electron chi connectivity index (χ1n) is 7.58. The number of hydrogen-bond donors (Lipinski definition) is 2. The van der Waals surface area contributed by atoms with Crippen LogP contribution in [0, 0.1) is 5.92 Å². The van der Waals surface area contributed by atoms with E-state index in [9.17, 15) is 5.11 Å². The van der Waals surface area contributed by atoms with Crippen molar-refractivity contribution >= 4 is 16.7 Å². The predicted molar refractivity (Wildman–Crippen MR) is 77.6 cm³/mol. The minimum atomic E-state index is -0.0586. The molecule has 0 saturated heterocycles. The van der Waals surface area contributed by atoms with Crippen molar-refractivity contribution in [2.75, 3.05) is 11.9 Å². The number of anilines is 1. The number of nitrogens with zero attached hydrogens (tertiary/aromatic N) is 2. The lowest BCUT2D eigenvalue weighted by molar-refractivity contribution is 0.0648. The molecular formula is C14H23N3OS. The highest BCUT2D eigenvalue weighted by Crippen LogP contribution is 2.39. The summed E-state index contributed by atoms with van der Waals surface area (Å²) in [5.41, 5.74) is 0. The van der Waals surface area contributed by atoms with Crippen LogP contribution in [0.15, 0.2) is 0 Å². The Bertz CT molecular complexity index is 405. The summed E-state index contributed by atoms with van der Waals surface area (Å²) in [4.78, 5) is 4.52. The quantitative estimate of drug-likeness (QED) is 0.786. The summed E-state index contributed by atoms with van der Waals surface area (Å²) < 4.78 is 4.39. The van der Waals surface area contributed by atoms with Gasteiger partial charge in [0.05, 0.1) is 6.10 Å². The van der Waals surface area contributed by atoms with Crippen LogP contribution in [-0.2, 0) is 0 Å². The van der Waals surface area contributed by atoms with E-state index in [4.69, 9.17) is 0 Å². The first-order valence-corrected chi connectivity index (χ1v) is 8.36. The number of aliphatic hydroxyl groups excluding tert-OH is 1. The van der Waals surface area contributed by atoms with Crippen LogP contribution in [0.25, 0.3) is 0 Å². The van der Waals surface area contributed by atoms with Gasteiger partial charge in [0.25, 0.3) is 0 Å². The molecule has 0 bridgehead atoms. The summed E-state index contributed by atoms with van der Waals surface area (Å²) in [5, 5.41) is 14.2. The Labute approximate surface area is 118 Å². The fourth-order valence-corrected chi connectivity index (χ4v) is 3.57. The molecule has 19 heavy (non-hydrogen) atoms. The summed E-state index contributed by atoms with van der Waals surface area (Å²) in [6.07, 6.45) is 9.39. The molecule has 0 spiro atoms. The molecule has 0 radical (unpaired) electrons. The first kappa shape index (κ1) is 13.3. The zero-order valence-corrected chi connectivity index (χ0v) is 12.2. The molecule has 5 heteroatoms. The monoisotopic (exact) mass is 281 g/mol. The van der Waals surface area contributed by atoms with E-state index in [2.05, 4.69) is 14.7 Å². The molecule has 2 N–H and O–H groups in total. The smallest absolute Gasteiger partial charge is 0.202 e. The van der Waals surface area contributed by atoms with Gasteiger partial charge >= 0.3 is 0 Å². The minimum absolute atomic E-state index is 0.0586. The van der Waals surface area contributed by atoms with E-state index in [0.717, 1.165) is 36.8 Å². The fourth-order valence-electron chi connectivity index (χ4n) is 2.90. The van der Waals surface area contributed by atoms with Crippen LogP contribution in [0.5, 0.6) is 0 Å². The Morgan fingerprint density at radius 3 is 2.84 bits per heavy atom. The van der Waals surface area contributed by atoms with Crippen molar-refractivity contribution in [3.8, 4) is 0 Å². The Kier molecular flexibility index (Phi) is 4.33. The van der Waals surface area contributed by atoms with Gasteiger partial charge in [0.15, 0.2) is 0 Å². The van der Waals surface area contributed by atoms with E-state index in [1.54, 1.807) is 0 Å². The lowest BCUT2D eigenvalue weighted by Gasteiger charge is -2.27. The largest absolute Gasteiger partial charge is 0.393 e. The van der Waals surface area contributed by atoms with Gasteiger partial charge in [0.1, 0.15) is 5.82 Å². The molecule has 2 unspecified atom stereocenters. The lowest BCUT2D eigenvalue weighted by atomic mass is 9.83. The molecule has 1 aromatic heterocycles. The zero-order valence-electron chi connectivity index (χ0n) is 11.3. The summed E-state index contributed by atoms with van der Waals surface area (Å²) in [5.74, 6) is 2.20. The minimum Gasteiger partial charge on any atom is -0.393 e. The molecule has 0 amide bonds. The van der Waals surface area contributed by atoms with Crippen LogP contribution >= 0.6 is 11.5 Å². The lowest BCUT2D eigenvalue weighted by Crippen LogP contribution is -2.24. The summed E-state index contributed by atoms with van der Waals surface area (Å²) in [7, 11) is 0. The molecule has 2 saturated carbocycles. The van der Waals surface area contributed by atoms with Crippen molar-refractivity contribution in [1.82, 2.24) is 9.36 Å². The molecule has 4 nitrogen and oxygen atoms in total. The van der Waals surface area contributed by atoms with Gasteiger partial charge in [0, 0.05) is 24.0 Å². The average molecular weight is 281 g/mol. The van der Waals surface area contributed by atoms with E-state index in [1.807, 2.05) is 0 Å². The van der Waals surface area contributed by atoms with Crippen LogP contribution in [-0.4, -0.2) is 27.1 Å². The van der Waals surface area contributed by atoms with Gasteiger partial charge in [-0.2, -0.15) is 4.37 Å². The Balaban J connectivity index is 1.35. The fraction of sp³-hybridized carbons (Fsp3) is 0.857. The Morgan fingerprint density at radius 2 is 2.05 bits per heavy atom. The molecule has 1 aromatic rings. The van der Waals surface area contributed by atoms with Gasteiger partial charge in [-0.25, -0.2) is 4.98 Å². The van der Waals surface area contributed by atoms with Crippen LogP contribution < -0.4 is 5.32 Å². The predicted octanol–water partition coefficient (Wildman–Crippen LogP) is 3.16. The molecule has 2 fully saturated rings. The molecule has 2 atom stereocenters. The van der Waals surface area contributed by atoms with E-state index in [0.29, 0.717) is 11.8 Å². The molecule has 2 aliphatic carbocycles. The van der Waals surface area contributed by atoms with Crippen molar-refractivity contribution in [3.05, 3.63) is 5.82 Å². The van der Waals surface area contributed by atoms with Crippen molar-refractivity contribution in [1.29, 1.82) is 0 Å². The van der Waals surface area contributed by atoms with Crippen molar-refractivity contribution in [2.24, 2.45) is 5.92 Å². The van der Waals surface area contributed by atoms with Crippen LogP contribution in [0.4, 0.5) is 5.13 Å². The summed E-state index contributed by atoms with van der Waals surface area (Å²) >= 11 is 1.48. The van der Waals surface area contributed by atoms with Crippen LogP contribution in [0.3, 0.4) is 0 Å². The summed E-state index contributed by atoms with van der Waals surface area (Å²) in [6, 6.07) is 0. The zero-order chi connectivity index (χ0) is 13.1. The van der Waals surface area contributed by atoms with Gasteiger partial charge in [0.2, 0.25) is 5.13 Å². The Morgan fingerprint density at radius 1 is 1.21 bits per heavy atom. The first-order chi connectivity index (χ1) is 9.33. The van der Waals surface area contributed by atoms with Gasteiger partial charge < -0.3 is 10.4 Å². The van der Waals surface area contributed by atoms with Crippen molar-refractivity contribution < 1.29 is 5.11 Å². The van der Waals surface area contributed by atoms with Crippen LogP contribution in [0.2, 0.25) is 0 Å². The number of aliphatic hydroxyl groups is 1. The number of nitrogens with one attached hydrogen (secondary N) is 1. The third-order valence-electron chi connectivity index (χ3n) is 4.28. The number of hydrogen-bond acceptors (Lipinski definition) is 5. The Hall–Kier alpha value is -0.680. The molecule has 0 aromatic carbocycles. The molecule has 1 heterocycles. The number of aromatic nitrogens is 2. The molecule has 3 rings (SSSR count).